The van der Waals surface area contributed by atoms with Crippen LogP contribution >= 0.6 is 0 Å². The van der Waals surface area contributed by atoms with Gasteiger partial charge in [-0.15, -0.1) is 0 Å². The number of amides is 2. The number of benzene rings is 3. The second-order valence-electron chi connectivity index (χ2n) is 6.96. The molecule has 32 heavy (non-hydrogen) atoms. The summed E-state index contributed by atoms with van der Waals surface area (Å²) in [4.78, 5) is 23.8. The van der Waals surface area contributed by atoms with Crippen molar-refractivity contribution in [1.29, 1.82) is 0 Å². The van der Waals surface area contributed by atoms with Gasteiger partial charge in [-0.1, -0.05) is 17.7 Å². The molecule has 0 spiro atoms. The molecule has 3 N–H and O–H groups in total. The zero-order valence-electron chi connectivity index (χ0n) is 17.1. The summed E-state index contributed by atoms with van der Waals surface area (Å²) in [5.74, 6) is -4.08. The van der Waals surface area contributed by atoms with Crippen LogP contribution in [0.1, 0.15) is 26.3 Å². The second-order valence-corrected chi connectivity index (χ2v) is 8.93. The largest absolute Gasteiger partial charge is 0.366 e. The molecule has 0 fully saturated rings. The van der Waals surface area contributed by atoms with Crippen LogP contribution in [0.5, 0.6) is 0 Å². The fourth-order valence-corrected chi connectivity index (χ4v) is 4.05. The zero-order chi connectivity index (χ0) is 23.6. The highest BCUT2D eigenvalue weighted by atomic mass is 32.2. The van der Waals surface area contributed by atoms with Gasteiger partial charge in [-0.2, -0.15) is 0 Å². The lowest BCUT2D eigenvalue weighted by atomic mass is 10.1. The van der Waals surface area contributed by atoms with Gasteiger partial charge in [0.15, 0.2) is 0 Å². The van der Waals surface area contributed by atoms with Crippen molar-refractivity contribution in [3.05, 3.63) is 89.0 Å². The standard InChI is InChI=1S/C22H19F2N3O4S/c1-13-3-9-16(10-4-13)32(30,31)27(2)15-7-5-14(6-8-15)22(29)26-20-11-17(21(25)28)18(23)12-19(20)24/h3-12H,1-2H3,(H2,25,28)(H,26,29). The number of anilines is 2. The molecule has 3 aromatic carbocycles. The van der Waals surface area contributed by atoms with E-state index in [9.17, 15) is 26.8 Å². The van der Waals surface area contributed by atoms with Gasteiger partial charge in [-0.05, 0) is 49.4 Å². The highest BCUT2D eigenvalue weighted by Crippen LogP contribution is 2.24. The predicted octanol–water partition coefficient (Wildman–Crippen LogP) is 3.45. The summed E-state index contributed by atoms with van der Waals surface area (Å²) in [7, 11) is -2.43. The first-order valence-electron chi connectivity index (χ1n) is 9.26. The third-order valence-electron chi connectivity index (χ3n) is 4.74. The molecule has 3 rings (SSSR count). The molecule has 0 bridgehead atoms. The second kappa shape index (κ2) is 8.75. The van der Waals surface area contributed by atoms with Gasteiger partial charge in [0.1, 0.15) is 11.6 Å². The monoisotopic (exact) mass is 459 g/mol. The van der Waals surface area contributed by atoms with E-state index in [1.165, 1.54) is 43.4 Å². The first-order chi connectivity index (χ1) is 15.0. The van der Waals surface area contributed by atoms with Gasteiger partial charge in [0, 0.05) is 18.7 Å². The fourth-order valence-electron chi connectivity index (χ4n) is 2.86. The van der Waals surface area contributed by atoms with Crippen molar-refractivity contribution in [2.24, 2.45) is 5.73 Å². The molecule has 0 aliphatic carbocycles. The number of rotatable bonds is 6. The van der Waals surface area contributed by atoms with E-state index in [2.05, 4.69) is 5.32 Å². The van der Waals surface area contributed by atoms with Crippen molar-refractivity contribution < 1.29 is 26.8 Å². The first kappa shape index (κ1) is 22.9. The van der Waals surface area contributed by atoms with Crippen LogP contribution in [0.4, 0.5) is 20.2 Å². The molecule has 2 amide bonds. The lowest BCUT2D eigenvalue weighted by molar-refractivity contribution is 0.0992. The van der Waals surface area contributed by atoms with Crippen molar-refractivity contribution >= 4 is 33.2 Å². The minimum Gasteiger partial charge on any atom is -0.366 e. The highest BCUT2D eigenvalue weighted by Gasteiger charge is 2.22. The maximum absolute atomic E-state index is 14.0. The summed E-state index contributed by atoms with van der Waals surface area (Å²) in [5.41, 5.74) is 5.34. The van der Waals surface area contributed by atoms with E-state index in [4.69, 9.17) is 5.73 Å². The van der Waals surface area contributed by atoms with Crippen LogP contribution in [0.3, 0.4) is 0 Å². The Labute approximate surface area is 183 Å². The van der Waals surface area contributed by atoms with E-state index >= 15 is 0 Å². The summed E-state index contributed by atoms with van der Waals surface area (Å²) in [5, 5.41) is 2.24. The SMILES string of the molecule is Cc1ccc(S(=O)(=O)N(C)c2ccc(C(=O)Nc3cc(C(N)=O)c(F)cc3F)cc2)cc1. The Morgan fingerprint density at radius 3 is 2.09 bits per heavy atom. The van der Waals surface area contributed by atoms with Crippen molar-refractivity contribution in [2.45, 2.75) is 11.8 Å². The Hall–Kier alpha value is -3.79. The summed E-state index contributed by atoms with van der Waals surface area (Å²) in [6.45, 7) is 1.84. The van der Waals surface area contributed by atoms with Crippen molar-refractivity contribution in [3.8, 4) is 0 Å². The Kier molecular flexibility index (Phi) is 6.26. The van der Waals surface area contributed by atoms with E-state index < -0.39 is 44.7 Å². The lowest BCUT2D eigenvalue weighted by Crippen LogP contribution is -2.26. The normalized spacial score (nSPS) is 11.1. The van der Waals surface area contributed by atoms with Gasteiger partial charge >= 0.3 is 0 Å². The fraction of sp³-hybridized carbons (Fsp3) is 0.0909. The molecule has 3 aromatic rings. The molecule has 7 nitrogen and oxygen atoms in total. The van der Waals surface area contributed by atoms with Crippen LogP contribution in [0.15, 0.2) is 65.6 Å². The molecule has 0 radical (unpaired) electrons. The summed E-state index contributed by atoms with van der Waals surface area (Å²) in [6.07, 6.45) is 0. The van der Waals surface area contributed by atoms with Crippen molar-refractivity contribution in [1.82, 2.24) is 0 Å². The van der Waals surface area contributed by atoms with E-state index in [0.29, 0.717) is 11.8 Å². The number of sulfonamides is 1. The van der Waals surface area contributed by atoms with Gasteiger partial charge in [0.05, 0.1) is 21.8 Å². The molecule has 0 heterocycles. The molecule has 0 saturated carbocycles. The van der Waals surface area contributed by atoms with Gasteiger partial charge in [-0.25, -0.2) is 17.2 Å². The Morgan fingerprint density at radius 2 is 1.53 bits per heavy atom. The molecule has 0 saturated heterocycles. The van der Waals surface area contributed by atoms with Crippen molar-refractivity contribution in [3.63, 3.8) is 0 Å². The molecule has 0 atom stereocenters. The number of hydrogen-bond acceptors (Lipinski definition) is 4. The van der Waals surface area contributed by atoms with Crippen LogP contribution < -0.4 is 15.4 Å². The zero-order valence-corrected chi connectivity index (χ0v) is 17.9. The van der Waals surface area contributed by atoms with Crippen LogP contribution in [-0.4, -0.2) is 27.3 Å². The van der Waals surface area contributed by atoms with E-state index in [1.54, 1.807) is 12.1 Å². The van der Waals surface area contributed by atoms with Gasteiger partial charge in [0.2, 0.25) is 0 Å². The van der Waals surface area contributed by atoms with Crippen LogP contribution in [-0.2, 0) is 10.0 Å². The lowest BCUT2D eigenvalue weighted by Gasteiger charge is -2.20. The number of hydrogen-bond donors (Lipinski definition) is 2. The number of halogens is 2. The number of nitrogens with zero attached hydrogens (tertiary/aromatic N) is 1. The van der Waals surface area contributed by atoms with Crippen LogP contribution in [0.2, 0.25) is 0 Å². The van der Waals surface area contributed by atoms with Crippen LogP contribution in [0, 0.1) is 18.6 Å². The Morgan fingerprint density at radius 1 is 0.938 bits per heavy atom. The molecule has 0 aliphatic heterocycles. The first-order valence-corrected chi connectivity index (χ1v) is 10.7. The van der Waals surface area contributed by atoms with E-state index in [0.717, 1.165) is 15.9 Å². The number of carbonyl (C=O) groups is 2. The van der Waals surface area contributed by atoms with Gasteiger partial charge < -0.3 is 11.1 Å². The van der Waals surface area contributed by atoms with Gasteiger partial charge in [0.25, 0.3) is 21.8 Å². The number of primary amides is 1. The summed E-state index contributed by atoms with van der Waals surface area (Å²) in [6, 6.07) is 13.2. The molecule has 10 heteroatoms. The predicted molar refractivity (Wildman–Crippen MR) is 116 cm³/mol. The summed E-state index contributed by atoms with van der Waals surface area (Å²) >= 11 is 0. The number of aryl methyl sites for hydroxylation is 1. The average molecular weight is 459 g/mol. The maximum atomic E-state index is 14.0. The highest BCUT2D eigenvalue weighted by molar-refractivity contribution is 7.92. The average Bonchev–Trinajstić information content (AvgIpc) is 2.75. The number of carbonyl (C=O) groups excluding carboxylic acids is 2. The van der Waals surface area contributed by atoms with E-state index in [-0.39, 0.29) is 10.5 Å². The third-order valence-corrected chi connectivity index (χ3v) is 6.54. The third kappa shape index (κ3) is 4.59. The smallest absolute Gasteiger partial charge is 0.264 e. The summed E-state index contributed by atoms with van der Waals surface area (Å²) < 4.78 is 54.2. The molecule has 0 aromatic heterocycles. The number of nitrogens with two attached hydrogens (primary N) is 1. The molecule has 0 unspecified atom stereocenters. The molecular weight excluding hydrogens is 440 g/mol. The minimum atomic E-state index is -3.81. The number of nitrogens with one attached hydrogen (secondary N) is 1. The Balaban J connectivity index is 1.81. The van der Waals surface area contributed by atoms with Gasteiger partial charge in [-0.3, -0.25) is 13.9 Å². The topological polar surface area (TPSA) is 110 Å². The van der Waals surface area contributed by atoms with Crippen LogP contribution in [0.25, 0.3) is 0 Å². The van der Waals surface area contributed by atoms with E-state index in [1.807, 2.05) is 6.92 Å². The Bertz CT molecular complexity index is 1290. The quantitative estimate of drug-likeness (QED) is 0.588. The molecule has 0 aliphatic rings. The molecular formula is C22H19F2N3O4S. The maximum Gasteiger partial charge on any atom is 0.264 e. The molecule has 166 valence electrons. The van der Waals surface area contributed by atoms with Crippen molar-refractivity contribution in [2.75, 3.05) is 16.7 Å². The minimum absolute atomic E-state index is 0.0826.